The molecular weight excluding hydrogens is 460 g/mol. The van der Waals surface area contributed by atoms with Crippen molar-refractivity contribution >= 4 is 21.6 Å². The number of ether oxygens (including phenoxy) is 1. The van der Waals surface area contributed by atoms with Crippen molar-refractivity contribution < 1.29 is 17.9 Å². The van der Waals surface area contributed by atoms with Gasteiger partial charge < -0.3 is 10.1 Å². The lowest BCUT2D eigenvalue weighted by molar-refractivity contribution is -0.128. The van der Waals surface area contributed by atoms with E-state index in [-0.39, 0.29) is 23.4 Å². The van der Waals surface area contributed by atoms with Gasteiger partial charge in [0.1, 0.15) is 5.75 Å². The van der Waals surface area contributed by atoms with Gasteiger partial charge in [0.2, 0.25) is 0 Å². The van der Waals surface area contributed by atoms with Gasteiger partial charge in [-0.25, -0.2) is 8.42 Å². The summed E-state index contributed by atoms with van der Waals surface area (Å²) in [6.07, 6.45) is 3.62. The van der Waals surface area contributed by atoms with E-state index in [9.17, 15) is 13.2 Å². The van der Waals surface area contributed by atoms with E-state index in [1.54, 1.807) is 42.5 Å². The van der Waals surface area contributed by atoms with Gasteiger partial charge in [-0.15, -0.1) is 0 Å². The standard InChI is InChI=1S/C28H30N2O4S/c1-19-12-15-25-26(16-19)34-27(18-30(25)35(32,33)24-10-4-3-5-11-24)28(31)29-20(2)22-14-13-21-8-6-7-9-23(21)17-22/h3-5,10-17,20,27H,6-9,18H2,1-2H3,(H,29,31)/t20-,27+/m1/s1. The van der Waals surface area contributed by atoms with Crippen LogP contribution < -0.4 is 14.4 Å². The predicted molar refractivity (Wildman–Crippen MR) is 136 cm³/mol. The molecule has 5 rings (SSSR count). The van der Waals surface area contributed by atoms with Gasteiger partial charge in [-0.1, -0.05) is 42.5 Å². The fraction of sp³-hybridized carbons (Fsp3) is 0.321. The molecule has 0 radical (unpaired) electrons. The van der Waals surface area contributed by atoms with Gasteiger partial charge in [-0.3, -0.25) is 9.10 Å². The van der Waals surface area contributed by atoms with Crippen molar-refractivity contribution in [3.63, 3.8) is 0 Å². The number of amides is 1. The summed E-state index contributed by atoms with van der Waals surface area (Å²) < 4.78 is 34.4. The fourth-order valence-corrected chi connectivity index (χ4v) is 6.35. The topological polar surface area (TPSA) is 75.7 Å². The molecule has 182 valence electrons. The van der Waals surface area contributed by atoms with Crippen molar-refractivity contribution in [1.82, 2.24) is 5.32 Å². The Morgan fingerprint density at radius 3 is 2.51 bits per heavy atom. The number of nitrogens with zero attached hydrogens (tertiary/aromatic N) is 1. The van der Waals surface area contributed by atoms with Crippen molar-refractivity contribution in [3.8, 4) is 5.75 Å². The van der Waals surface area contributed by atoms with Crippen LogP contribution in [0.25, 0.3) is 0 Å². The molecule has 0 fully saturated rings. The molecule has 0 spiro atoms. The Kier molecular flexibility index (Phi) is 6.28. The van der Waals surface area contributed by atoms with Crippen LogP contribution in [-0.4, -0.2) is 27.0 Å². The van der Waals surface area contributed by atoms with E-state index in [4.69, 9.17) is 4.74 Å². The molecule has 1 N–H and O–H groups in total. The van der Waals surface area contributed by atoms with Crippen molar-refractivity contribution in [2.24, 2.45) is 0 Å². The zero-order chi connectivity index (χ0) is 24.6. The van der Waals surface area contributed by atoms with E-state index >= 15 is 0 Å². The number of anilines is 1. The van der Waals surface area contributed by atoms with E-state index < -0.39 is 16.1 Å². The maximum absolute atomic E-state index is 13.5. The number of rotatable bonds is 5. The number of hydrogen-bond donors (Lipinski definition) is 1. The molecule has 6 nitrogen and oxygen atoms in total. The van der Waals surface area contributed by atoms with E-state index in [1.807, 2.05) is 19.9 Å². The van der Waals surface area contributed by atoms with Gasteiger partial charge in [0.05, 0.1) is 23.2 Å². The maximum atomic E-state index is 13.5. The molecule has 2 atom stereocenters. The molecule has 3 aromatic rings. The Balaban J connectivity index is 1.40. The van der Waals surface area contributed by atoms with Crippen molar-refractivity contribution in [2.75, 3.05) is 10.8 Å². The van der Waals surface area contributed by atoms with E-state index in [1.165, 1.54) is 28.3 Å². The molecule has 3 aromatic carbocycles. The average Bonchev–Trinajstić information content (AvgIpc) is 2.87. The lowest BCUT2D eigenvalue weighted by Crippen LogP contribution is -2.51. The molecular formula is C28H30N2O4S. The largest absolute Gasteiger partial charge is 0.476 e. The third-order valence-electron chi connectivity index (χ3n) is 6.84. The SMILES string of the molecule is Cc1ccc2c(c1)O[C@H](C(=O)N[C@H](C)c1ccc3c(c1)CCCC3)CN2S(=O)(=O)c1ccccc1. The first kappa shape index (κ1) is 23.4. The Morgan fingerprint density at radius 2 is 1.74 bits per heavy atom. The number of benzene rings is 3. The highest BCUT2D eigenvalue weighted by Crippen LogP contribution is 2.38. The van der Waals surface area contributed by atoms with E-state index in [0.717, 1.165) is 24.0 Å². The van der Waals surface area contributed by atoms with Gasteiger partial charge >= 0.3 is 0 Å². The van der Waals surface area contributed by atoms with Crippen LogP contribution in [0.5, 0.6) is 5.75 Å². The van der Waals surface area contributed by atoms with Crippen molar-refractivity contribution in [3.05, 3.63) is 89.0 Å². The number of aryl methyl sites for hydroxylation is 3. The van der Waals surface area contributed by atoms with Crippen molar-refractivity contribution in [2.45, 2.75) is 56.6 Å². The van der Waals surface area contributed by atoms with E-state index in [2.05, 4.69) is 23.5 Å². The number of nitrogens with one attached hydrogen (secondary N) is 1. The summed E-state index contributed by atoms with van der Waals surface area (Å²) in [5, 5.41) is 3.04. The molecule has 1 aliphatic carbocycles. The summed E-state index contributed by atoms with van der Waals surface area (Å²) in [6, 6.07) is 19.8. The number of carbonyl (C=O) groups is 1. The fourth-order valence-electron chi connectivity index (χ4n) is 4.86. The number of fused-ring (bicyclic) bond motifs is 2. The minimum Gasteiger partial charge on any atom is -0.476 e. The molecule has 1 heterocycles. The minimum atomic E-state index is -3.87. The van der Waals surface area contributed by atoms with Crippen LogP contribution in [0.4, 0.5) is 5.69 Å². The Labute approximate surface area is 207 Å². The van der Waals surface area contributed by atoms with Crippen LogP contribution in [0.15, 0.2) is 71.6 Å². The van der Waals surface area contributed by atoms with Crippen LogP contribution in [-0.2, 0) is 27.7 Å². The lowest BCUT2D eigenvalue weighted by Gasteiger charge is -2.35. The molecule has 0 bridgehead atoms. The monoisotopic (exact) mass is 490 g/mol. The first-order valence-corrected chi connectivity index (χ1v) is 13.5. The average molecular weight is 491 g/mol. The lowest BCUT2D eigenvalue weighted by atomic mass is 9.89. The third-order valence-corrected chi connectivity index (χ3v) is 8.63. The summed E-state index contributed by atoms with van der Waals surface area (Å²) in [5.41, 5.74) is 5.14. The van der Waals surface area contributed by atoms with E-state index in [0.29, 0.717) is 11.4 Å². The van der Waals surface area contributed by atoms with Gasteiger partial charge in [-0.2, -0.15) is 0 Å². The highest BCUT2D eigenvalue weighted by atomic mass is 32.2. The van der Waals surface area contributed by atoms with Crippen LogP contribution in [0, 0.1) is 6.92 Å². The Bertz CT molecular complexity index is 1350. The first-order valence-electron chi connectivity index (χ1n) is 12.1. The Morgan fingerprint density at radius 1 is 1.00 bits per heavy atom. The molecule has 0 unspecified atom stereocenters. The van der Waals surface area contributed by atoms with Gasteiger partial charge in [-0.05, 0) is 86.1 Å². The molecule has 0 aromatic heterocycles. The van der Waals surface area contributed by atoms with Crippen LogP contribution in [0.1, 0.15) is 48.1 Å². The smallest absolute Gasteiger partial charge is 0.264 e. The molecule has 0 saturated heterocycles. The maximum Gasteiger partial charge on any atom is 0.264 e. The van der Waals surface area contributed by atoms with Crippen LogP contribution >= 0.6 is 0 Å². The quantitative estimate of drug-likeness (QED) is 0.562. The number of carbonyl (C=O) groups excluding carboxylic acids is 1. The summed E-state index contributed by atoms with van der Waals surface area (Å²) in [5.74, 6) is 0.0491. The zero-order valence-electron chi connectivity index (χ0n) is 20.0. The summed E-state index contributed by atoms with van der Waals surface area (Å²) >= 11 is 0. The summed E-state index contributed by atoms with van der Waals surface area (Å²) in [6.45, 7) is 3.75. The number of hydrogen-bond acceptors (Lipinski definition) is 4. The third kappa shape index (κ3) is 4.65. The summed E-state index contributed by atoms with van der Waals surface area (Å²) in [4.78, 5) is 13.5. The predicted octanol–water partition coefficient (Wildman–Crippen LogP) is 4.71. The molecule has 35 heavy (non-hydrogen) atoms. The molecule has 1 aliphatic heterocycles. The minimum absolute atomic E-state index is 0.101. The first-order chi connectivity index (χ1) is 16.8. The summed E-state index contributed by atoms with van der Waals surface area (Å²) in [7, 11) is -3.87. The molecule has 0 saturated carbocycles. The zero-order valence-corrected chi connectivity index (χ0v) is 20.8. The Hall–Kier alpha value is -3.32. The second-order valence-corrected chi connectivity index (χ2v) is 11.3. The van der Waals surface area contributed by atoms with Gasteiger partial charge in [0.25, 0.3) is 15.9 Å². The second-order valence-electron chi connectivity index (χ2n) is 9.39. The van der Waals surface area contributed by atoms with Crippen molar-refractivity contribution in [1.29, 1.82) is 0 Å². The van der Waals surface area contributed by atoms with Gasteiger partial charge in [0, 0.05) is 0 Å². The van der Waals surface area contributed by atoms with Crippen LogP contribution in [0.3, 0.4) is 0 Å². The normalized spacial score (nSPS) is 18.1. The molecule has 1 amide bonds. The highest BCUT2D eigenvalue weighted by Gasteiger charge is 2.38. The highest BCUT2D eigenvalue weighted by molar-refractivity contribution is 7.92. The van der Waals surface area contributed by atoms with Gasteiger partial charge in [0.15, 0.2) is 6.10 Å². The molecule has 7 heteroatoms. The van der Waals surface area contributed by atoms with Crippen LogP contribution in [0.2, 0.25) is 0 Å². The molecule has 2 aliphatic rings. The second kappa shape index (κ2) is 9.38. The number of sulfonamides is 1.